The average molecular weight is 810 g/mol. The van der Waals surface area contributed by atoms with Gasteiger partial charge in [0.25, 0.3) is 0 Å². The summed E-state index contributed by atoms with van der Waals surface area (Å²) in [5.41, 5.74) is 14.9. The van der Waals surface area contributed by atoms with E-state index in [1.54, 1.807) is 0 Å². The Morgan fingerprint density at radius 1 is 0.410 bits per heavy atom. The van der Waals surface area contributed by atoms with Gasteiger partial charge >= 0.3 is 0 Å². The number of hydrogen-bond acceptors (Lipinski definition) is 4. The summed E-state index contributed by atoms with van der Waals surface area (Å²) in [5, 5.41) is 2.56. The topological polar surface area (TPSA) is 20.6 Å². The highest BCUT2D eigenvalue weighted by atomic mass is 32.2. The molecule has 0 atom stereocenters. The molecule has 5 heteroatoms. The predicted molar refractivity (Wildman–Crippen MR) is 257 cm³/mol. The van der Waals surface area contributed by atoms with Crippen molar-refractivity contribution in [2.75, 3.05) is 9.80 Å². The van der Waals surface area contributed by atoms with Crippen LogP contribution in [-0.2, 0) is 10.8 Å². The second-order valence-corrected chi connectivity index (χ2v) is 19.4. The number of para-hydroxylation sites is 6. The second kappa shape index (κ2) is 13.9. The molecule has 0 spiro atoms. The Balaban J connectivity index is 1.21. The van der Waals surface area contributed by atoms with Crippen LogP contribution >= 0.6 is 11.8 Å². The lowest BCUT2D eigenvalue weighted by Crippen LogP contribution is -2.19. The summed E-state index contributed by atoms with van der Waals surface area (Å²) in [6.45, 7) is 13.8. The van der Waals surface area contributed by atoms with Crippen molar-refractivity contribution in [3.63, 3.8) is 0 Å². The zero-order valence-corrected chi connectivity index (χ0v) is 36.2. The fourth-order valence-electron chi connectivity index (χ4n) is 9.16. The Labute approximate surface area is 362 Å². The van der Waals surface area contributed by atoms with Crippen LogP contribution in [0.15, 0.2) is 186 Å². The monoisotopic (exact) mass is 809 g/mol. The number of nitrogens with zero attached hydrogens (tertiary/aromatic N) is 3. The van der Waals surface area contributed by atoms with Gasteiger partial charge in [-0.2, -0.15) is 0 Å². The van der Waals surface area contributed by atoms with Crippen LogP contribution in [0.4, 0.5) is 34.1 Å². The molecule has 298 valence electrons. The molecule has 0 N–H and O–H groups in total. The second-order valence-electron chi connectivity index (χ2n) is 18.3. The maximum Gasteiger partial charge on any atom is 0.151 e. The fourth-order valence-corrected chi connectivity index (χ4v) is 10.2. The van der Waals surface area contributed by atoms with Gasteiger partial charge in [0.1, 0.15) is 0 Å². The molecule has 0 saturated heterocycles. The zero-order valence-electron chi connectivity index (χ0n) is 35.4. The van der Waals surface area contributed by atoms with Crippen molar-refractivity contribution in [1.29, 1.82) is 0 Å². The van der Waals surface area contributed by atoms with E-state index in [1.165, 1.54) is 42.7 Å². The van der Waals surface area contributed by atoms with Crippen LogP contribution < -0.4 is 14.5 Å². The fraction of sp³-hybridized carbons (Fsp3) is 0.143. The van der Waals surface area contributed by atoms with Gasteiger partial charge in [0.2, 0.25) is 0 Å². The molecule has 0 aliphatic carbocycles. The molecule has 1 aromatic heterocycles. The van der Waals surface area contributed by atoms with Gasteiger partial charge in [-0.3, -0.25) is 0 Å². The number of fused-ring (bicyclic) bond motifs is 7. The third-order valence-electron chi connectivity index (χ3n) is 12.3. The van der Waals surface area contributed by atoms with E-state index in [2.05, 4.69) is 220 Å². The third-order valence-corrected chi connectivity index (χ3v) is 13.4. The Morgan fingerprint density at radius 2 is 0.852 bits per heavy atom. The zero-order chi connectivity index (χ0) is 41.6. The highest BCUT2D eigenvalue weighted by Gasteiger charge is 2.32. The first-order chi connectivity index (χ1) is 29.5. The van der Waals surface area contributed by atoms with Crippen molar-refractivity contribution in [3.05, 3.63) is 187 Å². The van der Waals surface area contributed by atoms with E-state index in [9.17, 15) is 0 Å². The minimum Gasteiger partial charge on any atom is -0.453 e. The van der Waals surface area contributed by atoms with E-state index in [1.807, 2.05) is 23.9 Å². The highest BCUT2D eigenvalue weighted by Crippen LogP contribution is 2.58. The Morgan fingerprint density at radius 3 is 1.38 bits per heavy atom. The van der Waals surface area contributed by atoms with Gasteiger partial charge in [-0.15, -0.1) is 0 Å². The molecule has 0 fully saturated rings. The lowest BCUT2D eigenvalue weighted by molar-refractivity contribution is 0.477. The number of ether oxygens (including phenoxy) is 1. The minimum atomic E-state index is 0.0191. The molecule has 2 aliphatic rings. The number of hydrogen-bond donors (Lipinski definition) is 0. The van der Waals surface area contributed by atoms with Crippen molar-refractivity contribution in [3.8, 4) is 28.3 Å². The molecule has 4 nitrogen and oxygen atoms in total. The normalized spacial score (nSPS) is 13.4. The molecule has 0 saturated carbocycles. The van der Waals surface area contributed by atoms with Crippen LogP contribution in [0.25, 0.3) is 38.6 Å². The van der Waals surface area contributed by atoms with Crippen LogP contribution in [0, 0.1) is 0 Å². The third kappa shape index (κ3) is 6.13. The summed E-state index contributed by atoms with van der Waals surface area (Å²) < 4.78 is 9.03. The molecule has 9 aromatic rings. The Kier molecular flexibility index (Phi) is 8.53. The van der Waals surface area contributed by atoms with Gasteiger partial charge in [0, 0.05) is 31.8 Å². The van der Waals surface area contributed by atoms with Gasteiger partial charge in [0.05, 0.1) is 45.2 Å². The summed E-state index contributed by atoms with van der Waals surface area (Å²) in [4.78, 5) is 7.30. The average Bonchev–Trinajstić information content (AvgIpc) is 3.60. The van der Waals surface area contributed by atoms with Crippen LogP contribution in [-0.4, -0.2) is 4.57 Å². The molecule has 0 amide bonds. The summed E-state index contributed by atoms with van der Waals surface area (Å²) in [6, 6.07) is 64.4. The molecule has 0 unspecified atom stereocenters. The maximum absolute atomic E-state index is 6.56. The Bertz CT molecular complexity index is 2920. The van der Waals surface area contributed by atoms with E-state index in [0.717, 1.165) is 62.4 Å². The van der Waals surface area contributed by atoms with Crippen LogP contribution in [0.1, 0.15) is 52.7 Å². The van der Waals surface area contributed by atoms with Crippen LogP contribution in [0.2, 0.25) is 0 Å². The molecule has 61 heavy (non-hydrogen) atoms. The molecule has 0 bridgehead atoms. The molecule has 8 aromatic carbocycles. The van der Waals surface area contributed by atoms with Crippen molar-refractivity contribution >= 4 is 67.7 Å². The lowest BCUT2D eigenvalue weighted by Gasteiger charge is -2.37. The van der Waals surface area contributed by atoms with Crippen molar-refractivity contribution in [2.45, 2.75) is 62.2 Å². The van der Waals surface area contributed by atoms with Crippen LogP contribution in [0.5, 0.6) is 11.5 Å². The predicted octanol–water partition coefficient (Wildman–Crippen LogP) is 16.6. The molecule has 0 radical (unpaired) electrons. The smallest absolute Gasteiger partial charge is 0.151 e. The largest absolute Gasteiger partial charge is 0.453 e. The molecular formula is C56H47N3OS. The van der Waals surface area contributed by atoms with Gasteiger partial charge in [-0.25, -0.2) is 0 Å². The SMILES string of the molecule is CC(C)(C)c1ccc2c(c1)c1cc(C(C)(C)C)ccc1n2-c1cccc(-c2c(N3c4ccccc4Oc4ccccc43)cccc2N2c3ccccc3Sc3ccccc32)c1. The van der Waals surface area contributed by atoms with Gasteiger partial charge in [-0.1, -0.05) is 132 Å². The van der Waals surface area contributed by atoms with E-state index in [-0.39, 0.29) is 10.8 Å². The van der Waals surface area contributed by atoms with Crippen molar-refractivity contribution in [1.82, 2.24) is 4.57 Å². The first-order valence-electron chi connectivity index (χ1n) is 21.2. The number of anilines is 6. The van der Waals surface area contributed by atoms with E-state index >= 15 is 0 Å². The summed E-state index contributed by atoms with van der Waals surface area (Å²) in [6.07, 6.45) is 0. The van der Waals surface area contributed by atoms with E-state index in [4.69, 9.17) is 4.74 Å². The highest BCUT2D eigenvalue weighted by molar-refractivity contribution is 7.99. The first kappa shape index (κ1) is 37.3. The summed E-state index contributed by atoms with van der Waals surface area (Å²) in [7, 11) is 0. The lowest BCUT2D eigenvalue weighted by atomic mass is 9.85. The summed E-state index contributed by atoms with van der Waals surface area (Å²) in [5.74, 6) is 1.65. The van der Waals surface area contributed by atoms with Gasteiger partial charge < -0.3 is 19.1 Å². The Hall–Kier alpha value is -6.69. The van der Waals surface area contributed by atoms with Gasteiger partial charge in [-0.05, 0) is 125 Å². The van der Waals surface area contributed by atoms with E-state index < -0.39 is 0 Å². The molecule has 2 aliphatic heterocycles. The standard InChI is InChI=1S/C56H47N3OS/c1-55(2,3)37-29-31-42-40(34-37)41-35-38(56(4,5)6)30-32-43(41)57(42)39-18-15-17-36(33-39)54-48(58-44-19-7-11-25-50(44)60-51-26-12-8-20-45(51)58)23-16-24-49(54)59-46-21-9-13-27-52(46)61-53-28-14-10-22-47(53)59/h7-35H,1-6H3. The number of benzene rings is 8. The quantitative estimate of drug-likeness (QED) is 0.176. The minimum absolute atomic E-state index is 0.0191. The van der Waals surface area contributed by atoms with Gasteiger partial charge in [0.15, 0.2) is 11.5 Å². The summed E-state index contributed by atoms with van der Waals surface area (Å²) >= 11 is 1.83. The van der Waals surface area contributed by atoms with Crippen molar-refractivity contribution < 1.29 is 4.74 Å². The van der Waals surface area contributed by atoms with Crippen molar-refractivity contribution in [2.24, 2.45) is 0 Å². The molecule has 3 heterocycles. The van der Waals surface area contributed by atoms with Crippen LogP contribution in [0.3, 0.4) is 0 Å². The maximum atomic E-state index is 6.56. The first-order valence-corrected chi connectivity index (χ1v) is 22.0. The van der Waals surface area contributed by atoms with E-state index in [0.29, 0.717) is 0 Å². The molecular weight excluding hydrogens is 763 g/mol. The molecule has 11 rings (SSSR count). The number of aromatic nitrogens is 1. The number of rotatable bonds is 4.